The van der Waals surface area contributed by atoms with Gasteiger partial charge >= 0.3 is 5.97 Å². The van der Waals surface area contributed by atoms with Crippen LogP contribution >= 0.6 is 0 Å². The predicted octanol–water partition coefficient (Wildman–Crippen LogP) is 4.92. The summed E-state index contributed by atoms with van der Waals surface area (Å²) in [6.45, 7) is 4.31. The van der Waals surface area contributed by atoms with Gasteiger partial charge in [-0.15, -0.1) is 0 Å². The van der Waals surface area contributed by atoms with E-state index in [-0.39, 0.29) is 29.8 Å². The molecule has 0 spiro atoms. The van der Waals surface area contributed by atoms with E-state index >= 15 is 0 Å². The van der Waals surface area contributed by atoms with E-state index in [2.05, 4.69) is 26.0 Å². The molecule has 152 valence electrons. The van der Waals surface area contributed by atoms with E-state index in [9.17, 15) is 14.7 Å². The highest BCUT2D eigenvalue weighted by Crippen LogP contribution is 2.47. The lowest BCUT2D eigenvalue weighted by molar-refractivity contribution is -0.137. The third-order valence-corrected chi connectivity index (χ3v) is 6.85. The summed E-state index contributed by atoms with van der Waals surface area (Å²) in [6.07, 6.45) is 16.2. The number of rotatable bonds is 11. The third kappa shape index (κ3) is 5.78. The number of carboxylic acid groups (broad SMARTS) is 1. The van der Waals surface area contributed by atoms with E-state index < -0.39 is 5.97 Å². The van der Waals surface area contributed by atoms with Gasteiger partial charge in [-0.3, -0.25) is 9.59 Å². The van der Waals surface area contributed by atoms with Crippen molar-refractivity contribution in [2.24, 2.45) is 23.2 Å². The van der Waals surface area contributed by atoms with Gasteiger partial charge in [0, 0.05) is 18.8 Å². The molecule has 0 aromatic heterocycles. The fraction of sp³-hybridized carbons (Fsp3) is 0.739. The molecule has 0 bridgehead atoms. The average Bonchev–Trinajstić information content (AvgIpc) is 2.84. The number of carboxylic acids is 1. The smallest absolute Gasteiger partial charge is 0.303 e. The molecule has 2 N–H and O–H groups in total. The molecular formula is C23H36O4. The van der Waals surface area contributed by atoms with Gasteiger partial charge in [-0.05, 0) is 62.2 Å². The van der Waals surface area contributed by atoms with Gasteiger partial charge in [-0.1, -0.05) is 44.6 Å². The first-order valence-electron chi connectivity index (χ1n) is 10.6. The van der Waals surface area contributed by atoms with Gasteiger partial charge in [0.2, 0.25) is 0 Å². The van der Waals surface area contributed by atoms with Crippen molar-refractivity contribution in [1.82, 2.24) is 0 Å². The Balaban J connectivity index is 1.84. The molecule has 0 aromatic rings. The van der Waals surface area contributed by atoms with Gasteiger partial charge in [0.15, 0.2) is 0 Å². The zero-order valence-electron chi connectivity index (χ0n) is 16.9. The Morgan fingerprint density at radius 2 is 2.04 bits per heavy atom. The summed E-state index contributed by atoms with van der Waals surface area (Å²) in [4.78, 5) is 22.9. The van der Waals surface area contributed by atoms with Crippen molar-refractivity contribution < 1.29 is 19.8 Å². The Hall–Kier alpha value is -1.42. The zero-order chi connectivity index (χ0) is 19.9. The number of aliphatic hydroxyl groups is 1. The summed E-state index contributed by atoms with van der Waals surface area (Å²) >= 11 is 0. The van der Waals surface area contributed by atoms with E-state index in [0.29, 0.717) is 31.0 Å². The highest BCUT2D eigenvalue weighted by atomic mass is 16.4. The van der Waals surface area contributed by atoms with Gasteiger partial charge in [-0.25, -0.2) is 0 Å². The summed E-state index contributed by atoms with van der Waals surface area (Å²) in [5.41, 5.74) is 0.125. The highest BCUT2D eigenvalue weighted by Gasteiger charge is 2.41. The summed E-state index contributed by atoms with van der Waals surface area (Å²) in [7, 11) is 0. The Morgan fingerprint density at radius 3 is 2.63 bits per heavy atom. The van der Waals surface area contributed by atoms with E-state index in [1.807, 2.05) is 12.2 Å². The maximum Gasteiger partial charge on any atom is 0.303 e. The Morgan fingerprint density at radius 1 is 1.30 bits per heavy atom. The number of Topliss-reactive ketones (excluding diaryl/α,β-unsaturated/α-hetero) is 1. The summed E-state index contributed by atoms with van der Waals surface area (Å²) < 4.78 is 0. The molecule has 2 saturated carbocycles. The van der Waals surface area contributed by atoms with Crippen LogP contribution in [0.1, 0.15) is 78.1 Å². The number of aliphatic carboxylic acids is 1. The second-order valence-electron chi connectivity index (χ2n) is 8.57. The highest BCUT2D eigenvalue weighted by molar-refractivity contribution is 5.84. The molecule has 0 aliphatic heterocycles. The average molecular weight is 377 g/mol. The second kappa shape index (κ2) is 10.2. The van der Waals surface area contributed by atoms with Crippen LogP contribution in [0.2, 0.25) is 0 Å². The van der Waals surface area contributed by atoms with Crippen LogP contribution in [0.15, 0.2) is 24.3 Å². The minimum atomic E-state index is -0.762. The van der Waals surface area contributed by atoms with Crippen LogP contribution in [-0.2, 0) is 9.59 Å². The molecule has 27 heavy (non-hydrogen) atoms. The first-order chi connectivity index (χ1) is 12.9. The van der Waals surface area contributed by atoms with E-state index in [0.717, 1.165) is 32.1 Å². The lowest BCUT2D eigenvalue weighted by atomic mass is 9.63. The van der Waals surface area contributed by atoms with Crippen molar-refractivity contribution in [3.63, 3.8) is 0 Å². The third-order valence-electron chi connectivity index (χ3n) is 6.85. The fourth-order valence-electron chi connectivity index (χ4n) is 4.73. The summed E-state index contributed by atoms with van der Waals surface area (Å²) in [6, 6.07) is 0. The lowest BCUT2D eigenvalue weighted by Gasteiger charge is -2.45. The van der Waals surface area contributed by atoms with Crippen molar-refractivity contribution in [2.45, 2.75) is 84.2 Å². The lowest BCUT2D eigenvalue weighted by Crippen LogP contribution is -2.40. The van der Waals surface area contributed by atoms with Crippen molar-refractivity contribution in [3.8, 4) is 0 Å². The normalized spacial score (nSPS) is 28.7. The second-order valence-corrected chi connectivity index (χ2v) is 8.57. The first-order valence-corrected chi connectivity index (χ1v) is 10.6. The Bertz CT molecular complexity index is 553. The molecular weight excluding hydrogens is 340 g/mol. The molecule has 0 amide bonds. The number of allylic oxidation sites excluding steroid dienone is 3. The molecule has 2 aliphatic rings. The standard InChI is InChI=1S/C23H36O4/c1-3-23(14-9-15-23)21(25)12-8-11-18-17(2)16-20(24)19(18)10-6-4-5-7-13-22(26)27/h4,6,8,11,17-19,21,25H,3,5,7,9-10,12-16H2,1-2H3,(H,26,27)/b6-4-,11-8+/t17-,18+,19-,21?/m1/s1. The molecule has 0 radical (unpaired) electrons. The van der Waals surface area contributed by atoms with E-state index in [1.54, 1.807) is 0 Å². The number of aliphatic hydroxyl groups excluding tert-OH is 1. The molecule has 2 aliphatic carbocycles. The monoisotopic (exact) mass is 376 g/mol. The minimum Gasteiger partial charge on any atom is -0.481 e. The predicted molar refractivity (Wildman–Crippen MR) is 107 cm³/mol. The van der Waals surface area contributed by atoms with Crippen molar-refractivity contribution in [3.05, 3.63) is 24.3 Å². The van der Waals surface area contributed by atoms with Crippen LogP contribution in [0.25, 0.3) is 0 Å². The minimum absolute atomic E-state index is 0.0213. The van der Waals surface area contributed by atoms with Gasteiger partial charge < -0.3 is 10.2 Å². The number of hydrogen-bond donors (Lipinski definition) is 2. The van der Waals surface area contributed by atoms with Gasteiger partial charge in [0.05, 0.1) is 6.10 Å². The first kappa shape index (κ1) is 21.9. The van der Waals surface area contributed by atoms with Crippen LogP contribution in [0.4, 0.5) is 0 Å². The SMILES string of the molecule is CCC1(C(O)C/C=C/[C@H]2[C@H](C)CC(=O)[C@@H]2C/C=C\CCCC(=O)O)CCC1. The summed E-state index contributed by atoms with van der Waals surface area (Å²) in [5, 5.41) is 19.2. The maximum atomic E-state index is 12.4. The number of carbonyl (C=O) groups excluding carboxylic acids is 1. The van der Waals surface area contributed by atoms with Gasteiger partial charge in [0.1, 0.15) is 5.78 Å². The quantitative estimate of drug-likeness (QED) is 0.397. The molecule has 2 fully saturated rings. The van der Waals surface area contributed by atoms with Gasteiger partial charge in [0.25, 0.3) is 0 Å². The van der Waals surface area contributed by atoms with Crippen LogP contribution in [0.3, 0.4) is 0 Å². The number of hydrogen-bond acceptors (Lipinski definition) is 3. The zero-order valence-corrected chi connectivity index (χ0v) is 16.9. The van der Waals surface area contributed by atoms with Crippen LogP contribution < -0.4 is 0 Å². The summed E-state index contributed by atoms with van der Waals surface area (Å²) in [5.74, 6) is 0.180. The van der Waals surface area contributed by atoms with Crippen LogP contribution in [0.5, 0.6) is 0 Å². The number of carbonyl (C=O) groups is 2. The van der Waals surface area contributed by atoms with Crippen LogP contribution in [0, 0.1) is 23.2 Å². The Kier molecular flexibility index (Phi) is 8.28. The van der Waals surface area contributed by atoms with Crippen LogP contribution in [-0.4, -0.2) is 28.1 Å². The van der Waals surface area contributed by atoms with E-state index in [1.165, 1.54) is 6.42 Å². The van der Waals surface area contributed by atoms with E-state index in [4.69, 9.17) is 5.11 Å². The maximum absolute atomic E-state index is 12.4. The molecule has 0 heterocycles. The number of ketones is 1. The Labute approximate surface area is 163 Å². The molecule has 4 atom stereocenters. The fourth-order valence-corrected chi connectivity index (χ4v) is 4.73. The molecule has 0 saturated heterocycles. The molecule has 4 heteroatoms. The number of unbranched alkanes of at least 4 members (excludes halogenated alkanes) is 1. The largest absolute Gasteiger partial charge is 0.481 e. The topological polar surface area (TPSA) is 74.6 Å². The molecule has 0 aromatic carbocycles. The van der Waals surface area contributed by atoms with Crippen molar-refractivity contribution in [1.29, 1.82) is 0 Å². The molecule has 4 nitrogen and oxygen atoms in total. The van der Waals surface area contributed by atoms with Gasteiger partial charge in [-0.2, -0.15) is 0 Å². The van der Waals surface area contributed by atoms with Crippen molar-refractivity contribution >= 4 is 11.8 Å². The molecule has 1 unspecified atom stereocenters. The van der Waals surface area contributed by atoms with Crippen molar-refractivity contribution in [2.75, 3.05) is 0 Å². The molecule has 2 rings (SSSR count).